The van der Waals surface area contributed by atoms with Crippen molar-refractivity contribution >= 4 is 17.7 Å². The summed E-state index contributed by atoms with van der Waals surface area (Å²) in [6.07, 6.45) is 13.4. The van der Waals surface area contributed by atoms with E-state index < -0.39 is 0 Å². The number of amides is 1. The van der Waals surface area contributed by atoms with E-state index in [9.17, 15) is 9.18 Å². The fourth-order valence-corrected chi connectivity index (χ4v) is 10.5. The molecule has 0 radical (unpaired) electrons. The van der Waals surface area contributed by atoms with Crippen LogP contribution in [-0.2, 0) is 11.4 Å². The first-order chi connectivity index (χ1) is 18.9. The number of ether oxygens (including phenoxy) is 1. The van der Waals surface area contributed by atoms with Crippen LogP contribution >= 0.6 is 11.8 Å². The molecule has 0 unspecified atom stereocenters. The molecule has 1 aromatic heterocycles. The van der Waals surface area contributed by atoms with Gasteiger partial charge in [0.15, 0.2) is 22.5 Å². The van der Waals surface area contributed by atoms with Gasteiger partial charge in [-0.1, -0.05) is 30.3 Å². The van der Waals surface area contributed by atoms with E-state index >= 15 is 0 Å². The van der Waals surface area contributed by atoms with Gasteiger partial charge in [-0.15, -0.1) is 10.2 Å². The highest BCUT2D eigenvalue weighted by atomic mass is 32.2. The molecule has 6 nitrogen and oxygen atoms in total. The third kappa shape index (κ3) is 5.11. The molecular formula is C31H41FN4O2S. The predicted octanol–water partition coefficient (Wildman–Crippen LogP) is 6.42. The molecule has 8 heteroatoms. The zero-order chi connectivity index (χ0) is 26.6. The highest BCUT2D eigenvalue weighted by molar-refractivity contribution is 7.99. The van der Waals surface area contributed by atoms with E-state index in [1.807, 2.05) is 0 Å². The van der Waals surface area contributed by atoms with Crippen LogP contribution in [0.1, 0.15) is 83.0 Å². The lowest BCUT2D eigenvalue weighted by atomic mass is 9.49. The van der Waals surface area contributed by atoms with E-state index in [0.717, 1.165) is 41.3 Å². The number of halogens is 1. The van der Waals surface area contributed by atoms with Crippen LogP contribution in [0, 0.1) is 46.7 Å². The quantitative estimate of drug-likeness (QED) is 0.345. The number of para-hydroxylation sites is 1. The maximum Gasteiger partial charge on any atom is 0.230 e. The van der Waals surface area contributed by atoms with E-state index in [1.165, 1.54) is 82.0 Å². The molecular weight excluding hydrogens is 511 g/mol. The van der Waals surface area contributed by atoms with Crippen LogP contribution in [0.15, 0.2) is 29.4 Å². The summed E-state index contributed by atoms with van der Waals surface area (Å²) in [4.78, 5) is 13.1. The number of fused-ring (bicyclic) bond motifs is 2. The highest BCUT2D eigenvalue weighted by Gasteiger charge is 2.50. The number of thioether (sulfide) groups is 1. The second-order valence-corrected chi connectivity index (χ2v) is 14.5. The Bertz CT molecular complexity index is 1180. The average Bonchev–Trinajstić information content (AvgIpc) is 3.65. The molecule has 1 aromatic carbocycles. The molecule has 1 amide bonds. The second-order valence-electron chi connectivity index (χ2n) is 13.6. The van der Waals surface area contributed by atoms with Gasteiger partial charge in [0, 0.05) is 12.6 Å². The fourth-order valence-electron chi connectivity index (χ4n) is 9.67. The summed E-state index contributed by atoms with van der Waals surface area (Å²) in [6.45, 7) is 3.24. The van der Waals surface area contributed by atoms with Crippen molar-refractivity contribution in [2.45, 2.75) is 88.9 Å². The largest absolute Gasteiger partial charge is 0.483 e. The van der Waals surface area contributed by atoms with Crippen LogP contribution in [0.4, 0.5) is 4.39 Å². The molecule has 6 aliphatic carbocycles. The van der Waals surface area contributed by atoms with E-state index in [1.54, 1.807) is 18.2 Å². The highest BCUT2D eigenvalue weighted by Crippen LogP contribution is 2.59. The van der Waals surface area contributed by atoms with Crippen LogP contribution in [0.3, 0.4) is 0 Å². The first kappa shape index (κ1) is 25.8. The number of hydrogen-bond acceptors (Lipinski definition) is 5. The molecule has 8 rings (SSSR count). The minimum Gasteiger partial charge on any atom is -0.483 e. The molecule has 6 aliphatic rings. The lowest BCUT2D eigenvalue weighted by Crippen LogP contribution is -2.51. The van der Waals surface area contributed by atoms with Gasteiger partial charge in [-0.25, -0.2) is 4.39 Å². The molecule has 39 heavy (non-hydrogen) atoms. The molecule has 2 aromatic rings. The molecule has 1 heterocycles. The fraction of sp³-hybridized carbons (Fsp3) is 0.710. The lowest BCUT2D eigenvalue weighted by molar-refractivity contribution is -0.120. The zero-order valence-corrected chi connectivity index (χ0v) is 23.8. The van der Waals surface area contributed by atoms with Crippen molar-refractivity contribution in [1.29, 1.82) is 0 Å². The summed E-state index contributed by atoms with van der Waals surface area (Å²) in [6, 6.07) is 6.68. The summed E-state index contributed by atoms with van der Waals surface area (Å²) in [5.74, 6) is 5.78. The molecule has 6 bridgehead atoms. The molecule has 0 spiro atoms. The minimum atomic E-state index is -0.380. The number of aromatic nitrogens is 3. The molecule has 210 valence electrons. The normalized spacial score (nSPS) is 34.9. The van der Waals surface area contributed by atoms with Gasteiger partial charge in [0.25, 0.3) is 0 Å². The SMILES string of the molecule is C[C@H]([C@@H]1C[C@H]2CC[C@H]1C2)n1c(COc2ccccc2F)nnc1SCC(=O)NCC12CC3CC(CC(C3)C1)C2. The van der Waals surface area contributed by atoms with Gasteiger partial charge < -0.3 is 10.1 Å². The molecule has 1 N–H and O–H groups in total. The van der Waals surface area contributed by atoms with Crippen LogP contribution in [0.5, 0.6) is 5.75 Å². The Balaban J connectivity index is 1.02. The van der Waals surface area contributed by atoms with Crippen molar-refractivity contribution in [3.63, 3.8) is 0 Å². The summed E-state index contributed by atoms with van der Waals surface area (Å²) >= 11 is 1.47. The van der Waals surface area contributed by atoms with Crippen molar-refractivity contribution in [3.05, 3.63) is 35.9 Å². The predicted molar refractivity (Wildman–Crippen MR) is 149 cm³/mol. The van der Waals surface area contributed by atoms with Gasteiger partial charge >= 0.3 is 0 Å². The van der Waals surface area contributed by atoms with Crippen molar-refractivity contribution in [3.8, 4) is 5.75 Å². The van der Waals surface area contributed by atoms with E-state index in [2.05, 4.69) is 27.0 Å². The standard InChI is InChI=1S/C31H41FN4O2S/c1-19(25-12-20-6-7-24(25)11-20)36-28(16-38-27-5-3-2-4-26(27)32)34-35-30(36)39-17-29(37)33-18-31-13-21-8-22(14-31)10-23(9-21)15-31/h2-5,19-25H,6-18H2,1H3,(H,33,37)/t19-,20+,21?,22?,23?,24+,25+,31?/m1/s1. The van der Waals surface area contributed by atoms with Crippen molar-refractivity contribution in [1.82, 2.24) is 20.1 Å². The van der Waals surface area contributed by atoms with Gasteiger partial charge in [-0.05, 0) is 118 Å². The molecule has 0 aliphatic heterocycles. The summed E-state index contributed by atoms with van der Waals surface area (Å²) < 4.78 is 22.2. The minimum absolute atomic E-state index is 0.0852. The first-order valence-electron chi connectivity index (χ1n) is 15.2. The number of nitrogens with zero attached hydrogens (tertiary/aromatic N) is 3. The van der Waals surface area contributed by atoms with Gasteiger partial charge in [-0.2, -0.15) is 0 Å². The summed E-state index contributed by atoms with van der Waals surface area (Å²) in [5, 5.41) is 13.1. The van der Waals surface area contributed by atoms with Crippen LogP contribution in [-0.4, -0.2) is 33.0 Å². The molecule has 6 fully saturated rings. The Labute approximate surface area is 235 Å². The van der Waals surface area contributed by atoms with Gasteiger partial charge in [0.1, 0.15) is 6.61 Å². The van der Waals surface area contributed by atoms with Crippen molar-refractivity contribution < 1.29 is 13.9 Å². The maximum absolute atomic E-state index is 14.2. The Morgan fingerprint density at radius 2 is 1.82 bits per heavy atom. The molecule has 0 saturated heterocycles. The van der Waals surface area contributed by atoms with E-state index in [-0.39, 0.29) is 30.1 Å². The van der Waals surface area contributed by atoms with Gasteiger partial charge in [-0.3, -0.25) is 9.36 Å². The van der Waals surface area contributed by atoms with Crippen LogP contribution < -0.4 is 10.1 Å². The van der Waals surface area contributed by atoms with E-state index in [0.29, 0.717) is 22.9 Å². The Morgan fingerprint density at radius 3 is 2.49 bits per heavy atom. The third-order valence-corrected chi connectivity index (χ3v) is 11.8. The number of rotatable bonds is 10. The smallest absolute Gasteiger partial charge is 0.230 e. The number of hydrogen-bond donors (Lipinski definition) is 1. The summed E-state index contributed by atoms with van der Waals surface area (Å²) in [7, 11) is 0. The monoisotopic (exact) mass is 552 g/mol. The summed E-state index contributed by atoms with van der Waals surface area (Å²) in [5.41, 5.74) is 0.336. The average molecular weight is 553 g/mol. The Kier molecular flexibility index (Phi) is 6.88. The molecule has 6 saturated carbocycles. The number of carbonyl (C=O) groups excluding carboxylic acids is 1. The number of benzene rings is 1. The van der Waals surface area contributed by atoms with Gasteiger partial charge in [0.05, 0.1) is 5.75 Å². The molecule has 4 atom stereocenters. The zero-order valence-electron chi connectivity index (χ0n) is 23.0. The van der Waals surface area contributed by atoms with Crippen LogP contribution in [0.25, 0.3) is 0 Å². The van der Waals surface area contributed by atoms with Crippen molar-refractivity contribution in [2.75, 3.05) is 12.3 Å². The van der Waals surface area contributed by atoms with Gasteiger partial charge in [0.2, 0.25) is 5.91 Å². The topological polar surface area (TPSA) is 69.0 Å². The van der Waals surface area contributed by atoms with Crippen LogP contribution in [0.2, 0.25) is 0 Å². The lowest BCUT2D eigenvalue weighted by Gasteiger charge is -2.56. The van der Waals surface area contributed by atoms with Crippen molar-refractivity contribution in [2.24, 2.45) is 40.9 Å². The van der Waals surface area contributed by atoms with E-state index in [4.69, 9.17) is 4.74 Å². The first-order valence-corrected chi connectivity index (χ1v) is 16.1. The Morgan fingerprint density at radius 1 is 1.08 bits per heavy atom. The third-order valence-electron chi connectivity index (χ3n) is 10.9. The number of carbonyl (C=O) groups is 1. The maximum atomic E-state index is 14.2. The Hall–Kier alpha value is -2.09. The number of nitrogens with one attached hydrogen (secondary N) is 1. The second kappa shape index (κ2) is 10.4.